The number of benzene rings is 1. The van der Waals surface area contributed by atoms with Crippen LogP contribution in [0, 0.1) is 0 Å². The van der Waals surface area contributed by atoms with Gasteiger partial charge in [0.25, 0.3) is 5.91 Å². The number of carbonyl (C=O) groups is 1. The fourth-order valence-electron chi connectivity index (χ4n) is 1.20. The summed E-state index contributed by atoms with van der Waals surface area (Å²) in [5, 5.41) is 1.92. The van der Waals surface area contributed by atoms with Crippen LogP contribution in [-0.4, -0.2) is 16.9 Å². The molecule has 1 amide bonds. The fourth-order valence-corrected chi connectivity index (χ4v) is 1.80. The van der Waals surface area contributed by atoms with Crippen LogP contribution in [0.15, 0.2) is 35.7 Å². The number of amides is 1. The Hall–Kier alpha value is -1.46. The smallest absolute Gasteiger partial charge is 0.252 e. The summed E-state index contributed by atoms with van der Waals surface area (Å²) < 4.78 is 1.67. The minimum Gasteiger partial charge on any atom is -0.394 e. The van der Waals surface area contributed by atoms with Gasteiger partial charge in [-0.15, -0.1) is 0 Å². The molecule has 0 saturated heterocycles. The molecule has 0 unspecified atom stereocenters. The van der Waals surface area contributed by atoms with Gasteiger partial charge in [0.15, 0.2) is 5.75 Å². The van der Waals surface area contributed by atoms with Gasteiger partial charge in [0, 0.05) is 0 Å². The van der Waals surface area contributed by atoms with Gasteiger partial charge in [0.05, 0.1) is 12.1 Å². The zero-order valence-corrected chi connectivity index (χ0v) is 8.74. The first kappa shape index (κ1) is 10.1. The van der Waals surface area contributed by atoms with Gasteiger partial charge in [-0.05, 0) is 29.5 Å². The molecule has 1 aromatic rings. The summed E-state index contributed by atoms with van der Waals surface area (Å²) in [7, 11) is 0. The van der Waals surface area contributed by atoms with Crippen LogP contribution in [0.5, 0.6) is 5.75 Å². The van der Waals surface area contributed by atoms with E-state index in [9.17, 15) is 4.79 Å². The van der Waals surface area contributed by atoms with Crippen LogP contribution in [0.2, 0.25) is 0 Å². The van der Waals surface area contributed by atoms with Crippen molar-refractivity contribution in [2.24, 2.45) is 5.73 Å². The molecule has 5 heteroatoms. The van der Waals surface area contributed by atoms with E-state index in [4.69, 9.17) is 10.6 Å². The number of hydrogen-bond donors (Lipinski definition) is 1. The lowest BCUT2D eigenvalue weighted by molar-refractivity contribution is 0.0640. The molecule has 0 aromatic heterocycles. The van der Waals surface area contributed by atoms with Gasteiger partial charge in [0.2, 0.25) is 0 Å². The molecule has 0 saturated carbocycles. The van der Waals surface area contributed by atoms with Crippen molar-refractivity contribution in [2.45, 2.75) is 0 Å². The lowest BCUT2D eigenvalue weighted by Gasteiger charge is -2.15. The molecular formula is C10H10N2O2S. The Labute approximate surface area is 91.8 Å². The fraction of sp³-hybridized carbons (Fsp3) is 0.100. The molecule has 1 aliphatic rings. The molecule has 1 heterocycles. The van der Waals surface area contributed by atoms with E-state index < -0.39 is 5.91 Å². The zero-order valence-electron chi connectivity index (χ0n) is 7.92. The normalized spacial score (nSPS) is 15.5. The first-order valence-electron chi connectivity index (χ1n) is 4.43. The standard InChI is InChI=1S/C10H10N2O2S/c11-10(13)8-4-1-2-5-9(8)14-12-6-3-7-15-12/h1-5,7H,6H2,(H2,11,13). The van der Waals surface area contributed by atoms with E-state index in [1.165, 1.54) is 11.9 Å². The SMILES string of the molecule is NC(=O)c1ccccc1ON1CC=CS1. The van der Waals surface area contributed by atoms with Crippen molar-refractivity contribution in [1.29, 1.82) is 0 Å². The molecular weight excluding hydrogens is 212 g/mol. The third-order valence-electron chi connectivity index (χ3n) is 1.88. The van der Waals surface area contributed by atoms with Gasteiger partial charge >= 0.3 is 0 Å². The van der Waals surface area contributed by atoms with E-state index in [0.717, 1.165) is 0 Å². The van der Waals surface area contributed by atoms with Crippen molar-refractivity contribution in [2.75, 3.05) is 6.54 Å². The average Bonchev–Trinajstić information content (AvgIpc) is 2.71. The Balaban J connectivity index is 2.16. The predicted octanol–water partition coefficient (Wildman–Crippen LogP) is 1.56. The summed E-state index contributed by atoms with van der Waals surface area (Å²) in [6.45, 7) is 0.692. The number of nitrogens with two attached hydrogens (primary N) is 1. The molecule has 0 fully saturated rings. The van der Waals surface area contributed by atoms with Crippen molar-refractivity contribution in [3.8, 4) is 5.75 Å². The maximum absolute atomic E-state index is 11.1. The molecule has 4 nitrogen and oxygen atoms in total. The Morgan fingerprint density at radius 1 is 1.47 bits per heavy atom. The van der Waals surface area contributed by atoms with Crippen LogP contribution in [-0.2, 0) is 0 Å². The van der Waals surface area contributed by atoms with E-state index in [1.807, 2.05) is 11.5 Å². The van der Waals surface area contributed by atoms with Crippen LogP contribution in [0.1, 0.15) is 10.4 Å². The third-order valence-corrected chi connectivity index (χ3v) is 2.65. The van der Waals surface area contributed by atoms with E-state index in [0.29, 0.717) is 17.9 Å². The Bertz CT molecular complexity index is 398. The molecule has 78 valence electrons. The number of hydroxylamine groups is 1. The highest BCUT2D eigenvalue weighted by Gasteiger charge is 2.14. The van der Waals surface area contributed by atoms with Gasteiger partial charge in [-0.1, -0.05) is 22.7 Å². The van der Waals surface area contributed by atoms with Gasteiger partial charge in [0.1, 0.15) is 0 Å². The number of para-hydroxylation sites is 1. The van der Waals surface area contributed by atoms with Crippen molar-refractivity contribution >= 4 is 17.9 Å². The minimum atomic E-state index is -0.484. The maximum Gasteiger partial charge on any atom is 0.252 e. The maximum atomic E-state index is 11.1. The second-order valence-electron chi connectivity index (χ2n) is 2.94. The molecule has 0 spiro atoms. The number of nitrogens with zero attached hydrogens (tertiary/aromatic N) is 1. The molecule has 0 bridgehead atoms. The van der Waals surface area contributed by atoms with Crippen LogP contribution in [0.25, 0.3) is 0 Å². The molecule has 1 aliphatic heterocycles. The Morgan fingerprint density at radius 3 is 2.93 bits per heavy atom. The van der Waals surface area contributed by atoms with Gasteiger partial charge < -0.3 is 10.6 Å². The topological polar surface area (TPSA) is 55.6 Å². The highest BCUT2D eigenvalue weighted by atomic mass is 32.2. The molecule has 0 atom stereocenters. The molecule has 2 N–H and O–H groups in total. The predicted molar refractivity (Wildman–Crippen MR) is 59.0 cm³/mol. The quantitative estimate of drug-likeness (QED) is 0.788. The largest absolute Gasteiger partial charge is 0.394 e. The molecule has 2 rings (SSSR count). The lowest BCUT2D eigenvalue weighted by Crippen LogP contribution is -2.20. The zero-order chi connectivity index (χ0) is 10.7. The monoisotopic (exact) mass is 222 g/mol. The third kappa shape index (κ3) is 2.31. The van der Waals surface area contributed by atoms with Crippen LogP contribution in [0.4, 0.5) is 0 Å². The number of primary amides is 1. The first-order chi connectivity index (χ1) is 7.27. The first-order valence-corrected chi connectivity index (χ1v) is 5.27. The summed E-state index contributed by atoms with van der Waals surface area (Å²) in [5.41, 5.74) is 5.62. The van der Waals surface area contributed by atoms with E-state index in [-0.39, 0.29) is 0 Å². The van der Waals surface area contributed by atoms with E-state index >= 15 is 0 Å². The molecule has 0 aliphatic carbocycles. The van der Waals surface area contributed by atoms with Crippen molar-refractivity contribution < 1.29 is 9.63 Å². The van der Waals surface area contributed by atoms with Crippen LogP contribution < -0.4 is 10.6 Å². The average molecular weight is 222 g/mol. The van der Waals surface area contributed by atoms with Gasteiger partial charge in [-0.2, -0.15) is 0 Å². The molecule has 15 heavy (non-hydrogen) atoms. The van der Waals surface area contributed by atoms with Crippen molar-refractivity contribution in [1.82, 2.24) is 4.47 Å². The number of rotatable bonds is 3. The lowest BCUT2D eigenvalue weighted by atomic mass is 10.2. The molecule has 1 aromatic carbocycles. The highest BCUT2D eigenvalue weighted by Crippen LogP contribution is 2.24. The van der Waals surface area contributed by atoms with E-state index in [2.05, 4.69) is 0 Å². The van der Waals surface area contributed by atoms with Crippen LogP contribution in [0.3, 0.4) is 0 Å². The second kappa shape index (κ2) is 4.37. The Kier molecular flexibility index (Phi) is 2.94. The summed E-state index contributed by atoms with van der Waals surface area (Å²) in [4.78, 5) is 16.6. The van der Waals surface area contributed by atoms with Gasteiger partial charge in [-0.3, -0.25) is 4.79 Å². The highest BCUT2D eigenvalue weighted by molar-refractivity contribution is 8.00. The van der Waals surface area contributed by atoms with Crippen molar-refractivity contribution in [3.05, 3.63) is 41.3 Å². The van der Waals surface area contributed by atoms with Gasteiger partial charge in [-0.25, -0.2) is 0 Å². The summed E-state index contributed by atoms with van der Waals surface area (Å²) >= 11 is 1.44. The van der Waals surface area contributed by atoms with Crippen molar-refractivity contribution in [3.63, 3.8) is 0 Å². The number of carbonyl (C=O) groups excluding carboxylic acids is 1. The second-order valence-corrected chi connectivity index (χ2v) is 3.83. The summed E-state index contributed by atoms with van der Waals surface area (Å²) in [5.74, 6) is 0.00366. The minimum absolute atomic E-state index is 0.394. The van der Waals surface area contributed by atoms with Crippen LogP contribution >= 0.6 is 11.9 Å². The summed E-state index contributed by atoms with van der Waals surface area (Å²) in [6.07, 6.45) is 1.97. The molecule has 0 radical (unpaired) electrons. The summed E-state index contributed by atoms with van der Waals surface area (Å²) in [6, 6.07) is 6.92. The number of hydrogen-bond acceptors (Lipinski definition) is 4. The Morgan fingerprint density at radius 2 is 2.27 bits per heavy atom. The van der Waals surface area contributed by atoms with E-state index in [1.54, 1.807) is 28.7 Å².